The third-order valence-electron chi connectivity index (χ3n) is 3.50. The first-order valence-electron chi connectivity index (χ1n) is 7.05. The molecule has 1 N–H and O–H groups in total. The van der Waals surface area contributed by atoms with Gasteiger partial charge in [0.1, 0.15) is 0 Å². The minimum absolute atomic E-state index is 0.282. The molecular formula is C17H18N4. The van der Waals surface area contributed by atoms with Crippen LogP contribution < -0.4 is 5.32 Å². The van der Waals surface area contributed by atoms with Crippen molar-refractivity contribution < 1.29 is 0 Å². The molecule has 0 saturated carbocycles. The Kier molecular flexibility index (Phi) is 4.07. The second-order valence-electron chi connectivity index (χ2n) is 5.01. The van der Waals surface area contributed by atoms with Crippen LogP contribution in [-0.4, -0.2) is 14.8 Å². The highest BCUT2D eigenvalue weighted by Crippen LogP contribution is 2.12. The number of hydrogen-bond acceptors (Lipinski definition) is 3. The Labute approximate surface area is 124 Å². The van der Waals surface area contributed by atoms with Gasteiger partial charge in [0.25, 0.3) is 0 Å². The number of pyridine rings is 1. The van der Waals surface area contributed by atoms with Gasteiger partial charge in [0, 0.05) is 37.4 Å². The van der Waals surface area contributed by atoms with E-state index in [0.29, 0.717) is 0 Å². The van der Waals surface area contributed by atoms with Crippen LogP contribution in [0.4, 0.5) is 0 Å². The zero-order chi connectivity index (χ0) is 14.5. The number of nitrogens with zero attached hydrogens (tertiary/aromatic N) is 3. The Bertz CT molecular complexity index is 660. The van der Waals surface area contributed by atoms with E-state index in [1.807, 2.05) is 29.2 Å². The van der Waals surface area contributed by atoms with Gasteiger partial charge in [-0.05, 0) is 42.3 Å². The fraction of sp³-hybridized carbons (Fsp3) is 0.176. The Hall–Kier alpha value is -2.46. The van der Waals surface area contributed by atoms with Crippen molar-refractivity contribution in [1.29, 1.82) is 0 Å². The Morgan fingerprint density at radius 3 is 2.62 bits per heavy atom. The smallest absolute Gasteiger partial charge is 0.0645 e. The van der Waals surface area contributed by atoms with Gasteiger partial charge in [-0.25, -0.2) is 4.68 Å². The maximum absolute atomic E-state index is 4.22. The predicted molar refractivity (Wildman–Crippen MR) is 83.1 cm³/mol. The van der Waals surface area contributed by atoms with E-state index < -0.39 is 0 Å². The van der Waals surface area contributed by atoms with Gasteiger partial charge in [-0.15, -0.1) is 0 Å². The van der Waals surface area contributed by atoms with Crippen LogP contribution in [0.1, 0.15) is 24.1 Å². The van der Waals surface area contributed by atoms with Crippen LogP contribution in [0.3, 0.4) is 0 Å². The van der Waals surface area contributed by atoms with Crippen molar-refractivity contribution in [2.75, 3.05) is 0 Å². The lowest BCUT2D eigenvalue weighted by atomic mass is 10.1. The molecule has 0 spiro atoms. The van der Waals surface area contributed by atoms with Gasteiger partial charge in [-0.2, -0.15) is 5.10 Å². The van der Waals surface area contributed by atoms with Gasteiger partial charge in [0.15, 0.2) is 0 Å². The lowest BCUT2D eigenvalue weighted by molar-refractivity contribution is 0.573. The van der Waals surface area contributed by atoms with Crippen LogP contribution in [0.5, 0.6) is 0 Å². The molecule has 21 heavy (non-hydrogen) atoms. The van der Waals surface area contributed by atoms with Gasteiger partial charge in [0.2, 0.25) is 0 Å². The second kappa shape index (κ2) is 6.33. The maximum Gasteiger partial charge on any atom is 0.0645 e. The molecule has 0 fully saturated rings. The summed E-state index contributed by atoms with van der Waals surface area (Å²) in [5.41, 5.74) is 3.52. The summed E-state index contributed by atoms with van der Waals surface area (Å²) in [7, 11) is 0. The van der Waals surface area contributed by atoms with Gasteiger partial charge in [0.05, 0.1) is 5.69 Å². The fourth-order valence-corrected chi connectivity index (χ4v) is 2.21. The summed E-state index contributed by atoms with van der Waals surface area (Å²) < 4.78 is 1.86. The van der Waals surface area contributed by atoms with Gasteiger partial charge < -0.3 is 5.32 Å². The monoisotopic (exact) mass is 278 g/mol. The summed E-state index contributed by atoms with van der Waals surface area (Å²) in [5, 5.41) is 7.73. The summed E-state index contributed by atoms with van der Waals surface area (Å²) in [4.78, 5) is 4.15. The third-order valence-corrected chi connectivity index (χ3v) is 3.50. The van der Waals surface area contributed by atoms with Crippen LogP contribution in [-0.2, 0) is 6.54 Å². The number of benzene rings is 1. The Morgan fingerprint density at radius 1 is 1.10 bits per heavy atom. The van der Waals surface area contributed by atoms with Crippen molar-refractivity contribution >= 4 is 0 Å². The molecule has 0 aliphatic carbocycles. The highest BCUT2D eigenvalue weighted by Gasteiger charge is 2.04. The van der Waals surface area contributed by atoms with Crippen LogP contribution in [0.2, 0.25) is 0 Å². The summed E-state index contributed by atoms with van der Waals surface area (Å²) in [5.74, 6) is 0. The minimum atomic E-state index is 0.282. The van der Waals surface area contributed by atoms with E-state index in [4.69, 9.17) is 0 Å². The van der Waals surface area contributed by atoms with Crippen LogP contribution in [0, 0.1) is 0 Å². The number of hydrogen-bond donors (Lipinski definition) is 1. The molecule has 0 aliphatic heterocycles. The van der Waals surface area contributed by atoms with Gasteiger partial charge in [-0.1, -0.05) is 18.2 Å². The molecule has 4 heteroatoms. The highest BCUT2D eigenvalue weighted by atomic mass is 15.3. The van der Waals surface area contributed by atoms with Crippen molar-refractivity contribution in [3.8, 4) is 5.69 Å². The van der Waals surface area contributed by atoms with Crippen molar-refractivity contribution in [3.05, 3.63) is 78.4 Å². The van der Waals surface area contributed by atoms with E-state index >= 15 is 0 Å². The largest absolute Gasteiger partial charge is 0.306 e. The molecule has 3 rings (SSSR count). The SMILES string of the molecule is CC(NCc1ccc(-n2cccn2)cc1)c1cccnc1. The lowest BCUT2D eigenvalue weighted by Gasteiger charge is -2.14. The average Bonchev–Trinajstić information content (AvgIpc) is 3.08. The summed E-state index contributed by atoms with van der Waals surface area (Å²) in [6.45, 7) is 2.98. The standard InChI is InChI=1S/C17H18N4/c1-14(16-4-2-9-18-13-16)19-12-15-5-7-17(8-6-15)21-11-3-10-20-21/h2-11,13-14,19H,12H2,1H3. The van der Waals surface area contributed by atoms with Crippen molar-refractivity contribution in [1.82, 2.24) is 20.1 Å². The van der Waals surface area contributed by atoms with Crippen LogP contribution >= 0.6 is 0 Å². The molecule has 4 nitrogen and oxygen atoms in total. The first kappa shape index (κ1) is 13.5. The molecule has 0 saturated heterocycles. The highest BCUT2D eigenvalue weighted by molar-refractivity contribution is 5.33. The Balaban J connectivity index is 1.61. The number of rotatable bonds is 5. The molecule has 0 amide bonds. The number of nitrogens with one attached hydrogen (secondary N) is 1. The van der Waals surface area contributed by atoms with E-state index in [0.717, 1.165) is 12.2 Å². The fourth-order valence-electron chi connectivity index (χ4n) is 2.21. The van der Waals surface area contributed by atoms with Gasteiger partial charge >= 0.3 is 0 Å². The summed E-state index contributed by atoms with van der Waals surface area (Å²) in [6, 6.07) is 14.7. The van der Waals surface area contributed by atoms with Crippen molar-refractivity contribution in [2.45, 2.75) is 19.5 Å². The van der Waals surface area contributed by atoms with Crippen molar-refractivity contribution in [3.63, 3.8) is 0 Å². The first-order valence-corrected chi connectivity index (χ1v) is 7.05. The molecule has 2 heterocycles. The molecule has 0 bridgehead atoms. The molecule has 0 aliphatic rings. The van der Waals surface area contributed by atoms with Crippen molar-refractivity contribution in [2.24, 2.45) is 0 Å². The van der Waals surface area contributed by atoms with Crippen LogP contribution in [0.25, 0.3) is 5.69 Å². The lowest BCUT2D eigenvalue weighted by Crippen LogP contribution is -2.18. The predicted octanol–water partition coefficient (Wildman–Crippen LogP) is 3.12. The topological polar surface area (TPSA) is 42.7 Å². The van der Waals surface area contributed by atoms with Gasteiger partial charge in [-0.3, -0.25) is 4.98 Å². The first-order chi connectivity index (χ1) is 10.3. The molecule has 0 radical (unpaired) electrons. The molecular weight excluding hydrogens is 260 g/mol. The normalized spacial score (nSPS) is 12.2. The molecule has 2 aromatic heterocycles. The quantitative estimate of drug-likeness (QED) is 0.779. The molecule has 1 aromatic carbocycles. The summed E-state index contributed by atoms with van der Waals surface area (Å²) in [6.07, 6.45) is 7.42. The molecule has 3 aromatic rings. The average molecular weight is 278 g/mol. The maximum atomic E-state index is 4.22. The minimum Gasteiger partial charge on any atom is -0.306 e. The van der Waals surface area contributed by atoms with Crippen LogP contribution in [0.15, 0.2) is 67.3 Å². The molecule has 1 atom stereocenters. The van der Waals surface area contributed by atoms with E-state index in [1.54, 1.807) is 12.4 Å². The van der Waals surface area contributed by atoms with E-state index in [2.05, 4.69) is 52.7 Å². The molecule has 106 valence electrons. The number of aromatic nitrogens is 3. The molecule has 1 unspecified atom stereocenters. The second-order valence-corrected chi connectivity index (χ2v) is 5.01. The Morgan fingerprint density at radius 2 is 1.95 bits per heavy atom. The van der Waals surface area contributed by atoms with E-state index in [1.165, 1.54) is 11.1 Å². The zero-order valence-corrected chi connectivity index (χ0v) is 12.0. The van der Waals surface area contributed by atoms with E-state index in [-0.39, 0.29) is 6.04 Å². The zero-order valence-electron chi connectivity index (χ0n) is 12.0. The summed E-state index contributed by atoms with van der Waals surface area (Å²) >= 11 is 0. The third kappa shape index (κ3) is 3.35. The van der Waals surface area contributed by atoms with E-state index in [9.17, 15) is 0 Å².